The summed E-state index contributed by atoms with van der Waals surface area (Å²) in [6, 6.07) is 3.70. The van der Waals surface area contributed by atoms with E-state index in [1.165, 1.54) is 0 Å². The molecule has 0 unspecified atom stereocenters. The van der Waals surface area contributed by atoms with Gasteiger partial charge in [0.1, 0.15) is 5.82 Å². The standard InChI is InChI=1S/C12H20N2O2/c1-12(2,15-3)6-7-16-9-10-4-5-11(13)14-8-10/h4-5,8H,6-7,9H2,1-3H3,(H2,13,14). The lowest BCUT2D eigenvalue weighted by molar-refractivity contribution is -0.0124. The first-order chi connectivity index (χ1) is 7.53. The van der Waals surface area contributed by atoms with Gasteiger partial charge in [0, 0.05) is 19.9 Å². The van der Waals surface area contributed by atoms with Gasteiger partial charge in [-0.25, -0.2) is 4.98 Å². The first-order valence-corrected chi connectivity index (χ1v) is 5.37. The second-order valence-corrected chi connectivity index (χ2v) is 4.36. The zero-order valence-corrected chi connectivity index (χ0v) is 10.2. The molecule has 1 heterocycles. The van der Waals surface area contributed by atoms with Crippen LogP contribution in [-0.4, -0.2) is 24.3 Å². The minimum Gasteiger partial charge on any atom is -0.384 e. The molecule has 1 aromatic rings. The number of nitrogens with zero attached hydrogens (tertiary/aromatic N) is 1. The maximum atomic E-state index is 5.54. The molecular formula is C12H20N2O2. The number of aromatic nitrogens is 1. The van der Waals surface area contributed by atoms with Crippen molar-refractivity contribution < 1.29 is 9.47 Å². The highest BCUT2D eigenvalue weighted by molar-refractivity contribution is 5.28. The van der Waals surface area contributed by atoms with Crippen LogP contribution >= 0.6 is 0 Å². The predicted octanol–water partition coefficient (Wildman–Crippen LogP) is 2.00. The van der Waals surface area contributed by atoms with Crippen LogP contribution in [0.25, 0.3) is 0 Å². The lowest BCUT2D eigenvalue weighted by Crippen LogP contribution is -2.24. The predicted molar refractivity (Wildman–Crippen MR) is 64.0 cm³/mol. The van der Waals surface area contributed by atoms with Gasteiger partial charge < -0.3 is 15.2 Å². The SMILES string of the molecule is COC(C)(C)CCOCc1ccc(N)nc1. The van der Waals surface area contributed by atoms with Crippen LogP contribution in [0.2, 0.25) is 0 Å². The first-order valence-electron chi connectivity index (χ1n) is 5.37. The Bertz CT molecular complexity index is 309. The van der Waals surface area contributed by atoms with E-state index in [2.05, 4.69) is 4.98 Å². The molecule has 90 valence electrons. The fourth-order valence-corrected chi connectivity index (χ4v) is 1.13. The van der Waals surface area contributed by atoms with Gasteiger partial charge in [-0.2, -0.15) is 0 Å². The van der Waals surface area contributed by atoms with Crippen molar-refractivity contribution in [2.24, 2.45) is 0 Å². The van der Waals surface area contributed by atoms with Crippen molar-refractivity contribution in [3.63, 3.8) is 0 Å². The minimum atomic E-state index is -0.126. The molecule has 0 saturated heterocycles. The van der Waals surface area contributed by atoms with Crippen molar-refractivity contribution in [1.29, 1.82) is 0 Å². The summed E-state index contributed by atoms with van der Waals surface area (Å²) in [6.07, 6.45) is 2.60. The lowest BCUT2D eigenvalue weighted by atomic mass is 10.1. The summed E-state index contributed by atoms with van der Waals surface area (Å²) < 4.78 is 10.8. The Morgan fingerprint density at radius 3 is 2.69 bits per heavy atom. The molecule has 4 heteroatoms. The zero-order valence-electron chi connectivity index (χ0n) is 10.2. The first kappa shape index (κ1) is 12.9. The molecule has 0 fully saturated rings. The Morgan fingerprint density at radius 1 is 1.38 bits per heavy atom. The lowest BCUT2D eigenvalue weighted by Gasteiger charge is -2.22. The van der Waals surface area contributed by atoms with Crippen LogP contribution in [0.4, 0.5) is 5.82 Å². The number of hydrogen-bond donors (Lipinski definition) is 1. The summed E-state index contributed by atoms with van der Waals surface area (Å²) in [5, 5.41) is 0. The molecule has 0 aromatic carbocycles. The van der Waals surface area contributed by atoms with Gasteiger partial charge in [0.15, 0.2) is 0 Å². The molecule has 1 aromatic heterocycles. The highest BCUT2D eigenvalue weighted by Gasteiger charge is 2.15. The normalized spacial score (nSPS) is 11.7. The fourth-order valence-electron chi connectivity index (χ4n) is 1.13. The molecule has 0 aliphatic rings. The molecule has 0 aliphatic carbocycles. The van der Waals surface area contributed by atoms with Crippen molar-refractivity contribution in [1.82, 2.24) is 4.98 Å². The second-order valence-electron chi connectivity index (χ2n) is 4.36. The number of nitrogens with two attached hydrogens (primary N) is 1. The largest absolute Gasteiger partial charge is 0.384 e. The molecule has 0 amide bonds. The molecule has 1 rings (SSSR count). The Balaban J connectivity index is 2.23. The summed E-state index contributed by atoms with van der Waals surface area (Å²) in [5.74, 6) is 0.532. The molecule has 0 atom stereocenters. The summed E-state index contributed by atoms with van der Waals surface area (Å²) in [5.41, 5.74) is 6.39. The molecule has 16 heavy (non-hydrogen) atoms. The van der Waals surface area contributed by atoms with E-state index in [9.17, 15) is 0 Å². The van der Waals surface area contributed by atoms with E-state index in [-0.39, 0.29) is 5.60 Å². The van der Waals surface area contributed by atoms with Crippen LogP contribution in [0.3, 0.4) is 0 Å². The third kappa shape index (κ3) is 4.59. The van der Waals surface area contributed by atoms with Gasteiger partial charge in [-0.05, 0) is 31.9 Å². The maximum Gasteiger partial charge on any atom is 0.123 e. The summed E-state index contributed by atoms with van der Waals surface area (Å²) >= 11 is 0. The Kier molecular flexibility index (Phi) is 4.71. The number of pyridine rings is 1. The van der Waals surface area contributed by atoms with Gasteiger partial charge in [0.25, 0.3) is 0 Å². The zero-order chi connectivity index (χ0) is 12.0. The average molecular weight is 224 g/mol. The van der Waals surface area contributed by atoms with Gasteiger partial charge in [0.05, 0.1) is 12.2 Å². The van der Waals surface area contributed by atoms with Crippen LogP contribution in [0, 0.1) is 0 Å². The number of rotatable bonds is 6. The third-order valence-electron chi connectivity index (χ3n) is 2.52. The van der Waals surface area contributed by atoms with E-state index >= 15 is 0 Å². The van der Waals surface area contributed by atoms with E-state index in [4.69, 9.17) is 15.2 Å². The number of hydrogen-bond acceptors (Lipinski definition) is 4. The van der Waals surface area contributed by atoms with E-state index in [0.717, 1.165) is 12.0 Å². The average Bonchev–Trinajstić information content (AvgIpc) is 2.27. The molecule has 0 bridgehead atoms. The molecule has 2 N–H and O–H groups in total. The van der Waals surface area contributed by atoms with Crippen LogP contribution < -0.4 is 5.73 Å². The summed E-state index contributed by atoms with van der Waals surface area (Å²) in [4.78, 5) is 4.00. The van der Waals surface area contributed by atoms with Gasteiger partial charge in [-0.3, -0.25) is 0 Å². The van der Waals surface area contributed by atoms with E-state index < -0.39 is 0 Å². The van der Waals surface area contributed by atoms with E-state index in [1.54, 1.807) is 19.4 Å². The summed E-state index contributed by atoms with van der Waals surface area (Å²) in [6.45, 7) is 5.32. The summed E-state index contributed by atoms with van der Waals surface area (Å²) in [7, 11) is 1.71. The minimum absolute atomic E-state index is 0.126. The van der Waals surface area contributed by atoms with Gasteiger partial charge in [-0.1, -0.05) is 6.07 Å². The molecule has 0 radical (unpaired) electrons. The maximum absolute atomic E-state index is 5.54. The van der Waals surface area contributed by atoms with Crippen molar-refractivity contribution in [3.05, 3.63) is 23.9 Å². The fraction of sp³-hybridized carbons (Fsp3) is 0.583. The van der Waals surface area contributed by atoms with Gasteiger partial charge >= 0.3 is 0 Å². The number of ether oxygens (including phenoxy) is 2. The Hall–Kier alpha value is -1.13. The van der Waals surface area contributed by atoms with Crippen molar-refractivity contribution in [3.8, 4) is 0 Å². The van der Waals surface area contributed by atoms with Crippen LogP contribution in [-0.2, 0) is 16.1 Å². The van der Waals surface area contributed by atoms with Crippen molar-refractivity contribution in [2.75, 3.05) is 19.5 Å². The topological polar surface area (TPSA) is 57.4 Å². The second kappa shape index (κ2) is 5.82. The van der Waals surface area contributed by atoms with Crippen molar-refractivity contribution in [2.45, 2.75) is 32.5 Å². The third-order valence-corrected chi connectivity index (χ3v) is 2.52. The molecule has 0 saturated carbocycles. The molecule has 0 spiro atoms. The highest BCUT2D eigenvalue weighted by atomic mass is 16.5. The Labute approximate surface area is 96.8 Å². The smallest absolute Gasteiger partial charge is 0.123 e. The molecular weight excluding hydrogens is 204 g/mol. The number of nitrogen functional groups attached to an aromatic ring is 1. The number of methoxy groups -OCH3 is 1. The van der Waals surface area contributed by atoms with Gasteiger partial charge in [-0.15, -0.1) is 0 Å². The molecule has 0 aliphatic heterocycles. The van der Waals surface area contributed by atoms with Gasteiger partial charge in [0.2, 0.25) is 0 Å². The number of anilines is 1. The Morgan fingerprint density at radius 2 is 2.12 bits per heavy atom. The van der Waals surface area contributed by atoms with Crippen LogP contribution in [0.15, 0.2) is 18.3 Å². The van der Waals surface area contributed by atoms with Crippen LogP contribution in [0.1, 0.15) is 25.8 Å². The monoisotopic (exact) mass is 224 g/mol. The van der Waals surface area contributed by atoms with Crippen LogP contribution in [0.5, 0.6) is 0 Å². The van der Waals surface area contributed by atoms with E-state index in [1.807, 2.05) is 19.9 Å². The highest BCUT2D eigenvalue weighted by Crippen LogP contribution is 2.13. The van der Waals surface area contributed by atoms with E-state index in [0.29, 0.717) is 19.0 Å². The quantitative estimate of drug-likeness (QED) is 0.751. The molecule has 4 nitrogen and oxygen atoms in total. The van der Waals surface area contributed by atoms with Crippen molar-refractivity contribution >= 4 is 5.82 Å².